The molecule has 0 aliphatic rings. The first-order valence-electron chi connectivity index (χ1n) is 6.10. The molecule has 0 saturated heterocycles. The van der Waals surface area contributed by atoms with E-state index in [4.69, 9.17) is 9.15 Å². The Morgan fingerprint density at radius 1 is 1.31 bits per heavy atom. The van der Waals surface area contributed by atoms with Gasteiger partial charge in [-0.1, -0.05) is 19.8 Å². The average Bonchev–Trinajstić information content (AvgIpc) is 2.78. The van der Waals surface area contributed by atoms with Crippen LogP contribution in [0.3, 0.4) is 0 Å². The highest BCUT2D eigenvalue weighted by Gasteiger charge is 2.06. The smallest absolute Gasteiger partial charge is 0.117 e. The van der Waals surface area contributed by atoms with Crippen LogP contribution in [0.15, 0.2) is 22.8 Å². The molecule has 0 aromatic carbocycles. The first kappa shape index (κ1) is 13.3. The summed E-state index contributed by atoms with van der Waals surface area (Å²) < 4.78 is 10.5. The van der Waals surface area contributed by atoms with Gasteiger partial charge in [-0.25, -0.2) is 0 Å². The van der Waals surface area contributed by atoms with E-state index in [0.29, 0.717) is 0 Å². The van der Waals surface area contributed by atoms with Crippen LogP contribution in [0.5, 0.6) is 0 Å². The van der Waals surface area contributed by atoms with E-state index in [1.54, 1.807) is 13.4 Å². The molecule has 0 bridgehead atoms. The Morgan fingerprint density at radius 2 is 2.19 bits per heavy atom. The van der Waals surface area contributed by atoms with Crippen LogP contribution in [0.1, 0.15) is 31.9 Å². The number of unbranched alkanes of at least 4 members (excludes halogenated alkanes) is 2. The Bertz CT molecular complexity index is 246. The zero-order chi connectivity index (χ0) is 11.6. The maximum Gasteiger partial charge on any atom is 0.117 e. The summed E-state index contributed by atoms with van der Waals surface area (Å²) in [6.45, 7) is 6.00. The number of methoxy groups -OCH3 is 1. The molecule has 0 aliphatic heterocycles. The summed E-state index contributed by atoms with van der Waals surface area (Å²) in [6, 6.07) is 3.97. The third-order valence-corrected chi connectivity index (χ3v) is 2.65. The van der Waals surface area contributed by atoms with E-state index in [2.05, 4.69) is 11.8 Å². The predicted molar refractivity (Wildman–Crippen MR) is 65.4 cm³/mol. The van der Waals surface area contributed by atoms with Gasteiger partial charge in [-0.05, 0) is 25.1 Å². The topological polar surface area (TPSA) is 25.6 Å². The molecule has 3 nitrogen and oxygen atoms in total. The molecule has 1 rings (SSSR count). The zero-order valence-electron chi connectivity index (χ0n) is 10.4. The van der Waals surface area contributed by atoms with Gasteiger partial charge in [0.05, 0.1) is 19.4 Å². The summed E-state index contributed by atoms with van der Waals surface area (Å²) >= 11 is 0. The minimum Gasteiger partial charge on any atom is -0.468 e. The highest BCUT2D eigenvalue weighted by Crippen LogP contribution is 2.07. The van der Waals surface area contributed by atoms with Gasteiger partial charge in [-0.15, -0.1) is 0 Å². The summed E-state index contributed by atoms with van der Waals surface area (Å²) in [5.41, 5.74) is 0. The van der Waals surface area contributed by atoms with Crippen molar-refractivity contribution in [3.05, 3.63) is 24.2 Å². The lowest BCUT2D eigenvalue weighted by Crippen LogP contribution is -2.27. The largest absolute Gasteiger partial charge is 0.468 e. The molecule has 0 N–H and O–H groups in total. The Labute approximate surface area is 98.4 Å². The van der Waals surface area contributed by atoms with Crippen molar-refractivity contribution in [2.75, 3.05) is 26.8 Å². The molecular formula is C13H23NO2. The second-order valence-electron chi connectivity index (χ2n) is 4.06. The molecule has 3 heteroatoms. The lowest BCUT2D eigenvalue weighted by Gasteiger charge is -2.20. The standard InChI is InChI=1S/C13H23NO2/c1-3-4-5-8-14(9-11-15-2)12-13-7-6-10-16-13/h6-7,10H,3-5,8-9,11-12H2,1-2H3. The van der Waals surface area contributed by atoms with Crippen LogP contribution in [0.25, 0.3) is 0 Å². The minimum absolute atomic E-state index is 0.785. The van der Waals surface area contributed by atoms with Gasteiger partial charge in [0.25, 0.3) is 0 Å². The lowest BCUT2D eigenvalue weighted by molar-refractivity contribution is 0.138. The van der Waals surface area contributed by atoms with Crippen LogP contribution < -0.4 is 0 Å². The third-order valence-electron chi connectivity index (χ3n) is 2.65. The Morgan fingerprint density at radius 3 is 2.81 bits per heavy atom. The Kier molecular flexibility index (Phi) is 6.93. The van der Waals surface area contributed by atoms with Crippen molar-refractivity contribution in [2.45, 2.75) is 32.7 Å². The molecule has 92 valence electrons. The van der Waals surface area contributed by atoms with Gasteiger partial charge in [-0.2, -0.15) is 0 Å². The second kappa shape index (κ2) is 8.36. The van der Waals surface area contributed by atoms with Crippen molar-refractivity contribution in [3.8, 4) is 0 Å². The van der Waals surface area contributed by atoms with Gasteiger partial charge < -0.3 is 9.15 Å². The molecule has 0 atom stereocenters. The number of nitrogens with zero attached hydrogens (tertiary/aromatic N) is 1. The molecule has 0 spiro atoms. The van der Waals surface area contributed by atoms with Gasteiger partial charge in [0.1, 0.15) is 5.76 Å². The molecule has 1 aromatic heterocycles. The molecule has 0 aliphatic carbocycles. The molecule has 1 heterocycles. The van der Waals surface area contributed by atoms with Crippen LogP contribution in [0, 0.1) is 0 Å². The molecule has 0 saturated carbocycles. The van der Waals surface area contributed by atoms with E-state index in [-0.39, 0.29) is 0 Å². The van der Waals surface area contributed by atoms with E-state index >= 15 is 0 Å². The van der Waals surface area contributed by atoms with Crippen molar-refractivity contribution in [2.24, 2.45) is 0 Å². The highest BCUT2D eigenvalue weighted by atomic mass is 16.5. The summed E-state index contributed by atoms with van der Waals surface area (Å²) in [6.07, 6.45) is 5.54. The fourth-order valence-corrected chi connectivity index (χ4v) is 1.70. The third kappa shape index (κ3) is 5.33. The second-order valence-corrected chi connectivity index (χ2v) is 4.06. The first-order chi connectivity index (χ1) is 7.86. The van der Waals surface area contributed by atoms with Gasteiger partial charge in [-0.3, -0.25) is 4.90 Å². The van der Waals surface area contributed by atoms with Crippen molar-refractivity contribution in [1.29, 1.82) is 0 Å². The summed E-state index contributed by atoms with van der Waals surface area (Å²) in [7, 11) is 1.75. The maximum absolute atomic E-state index is 5.37. The van der Waals surface area contributed by atoms with Crippen LogP contribution in [0.4, 0.5) is 0 Å². The van der Waals surface area contributed by atoms with Crippen LogP contribution in [0.2, 0.25) is 0 Å². The fraction of sp³-hybridized carbons (Fsp3) is 0.692. The average molecular weight is 225 g/mol. The fourth-order valence-electron chi connectivity index (χ4n) is 1.70. The maximum atomic E-state index is 5.37. The molecule has 1 aromatic rings. The molecule has 0 radical (unpaired) electrons. The molecule has 16 heavy (non-hydrogen) atoms. The van der Waals surface area contributed by atoms with Crippen LogP contribution in [-0.2, 0) is 11.3 Å². The monoisotopic (exact) mass is 225 g/mol. The minimum atomic E-state index is 0.785. The summed E-state index contributed by atoms with van der Waals surface area (Å²) in [4.78, 5) is 2.39. The van der Waals surface area contributed by atoms with Crippen molar-refractivity contribution in [3.63, 3.8) is 0 Å². The molecule has 0 fully saturated rings. The SMILES string of the molecule is CCCCCN(CCOC)Cc1ccco1. The van der Waals surface area contributed by atoms with E-state index in [9.17, 15) is 0 Å². The van der Waals surface area contributed by atoms with Crippen molar-refractivity contribution in [1.82, 2.24) is 4.90 Å². The van der Waals surface area contributed by atoms with Gasteiger partial charge in [0.15, 0.2) is 0 Å². The molecule has 0 amide bonds. The first-order valence-corrected chi connectivity index (χ1v) is 6.10. The quantitative estimate of drug-likeness (QED) is 0.604. The lowest BCUT2D eigenvalue weighted by atomic mass is 10.2. The number of rotatable bonds is 9. The number of hydrogen-bond donors (Lipinski definition) is 0. The number of furan rings is 1. The molecular weight excluding hydrogens is 202 g/mol. The van der Waals surface area contributed by atoms with Gasteiger partial charge >= 0.3 is 0 Å². The Hall–Kier alpha value is -0.800. The normalized spacial score (nSPS) is 11.2. The number of ether oxygens (including phenoxy) is 1. The zero-order valence-corrected chi connectivity index (χ0v) is 10.4. The van der Waals surface area contributed by atoms with Crippen molar-refractivity contribution >= 4 is 0 Å². The van der Waals surface area contributed by atoms with E-state index in [0.717, 1.165) is 32.0 Å². The van der Waals surface area contributed by atoms with Crippen LogP contribution >= 0.6 is 0 Å². The van der Waals surface area contributed by atoms with E-state index in [1.807, 2.05) is 12.1 Å². The van der Waals surface area contributed by atoms with Gasteiger partial charge in [0, 0.05) is 13.7 Å². The van der Waals surface area contributed by atoms with E-state index in [1.165, 1.54) is 19.3 Å². The van der Waals surface area contributed by atoms with Crippen LogP contribution in [-0.4, -0.2) is 31.7 Å². The number of hydrogen-bond acceptors (Lipinski definition) is 3. The van der Waals surface area contributed by atoms with Gasteiger partial charge in [0.2, 0.25) is 0 Å². The predicted octanol–water partition coefficient (Wildman–Crippen LogP) is 2.92. The summed E-state index contributed by atoms with van der Waals surface area (Å²) in [5, 5.41) is 0. The summed E-state index contributed by atoms with van der Waals surface area (Å²) in [5.74, 6) is 1.03. The Balaban J connectivity index is 2.31. The molecule has 0 unspecified atom stereocenters. The van der Waals surface area contributed by atoms with Crippen molar-refractivity contribution < 1.29 is 9.15 Å². The van der Waals surface area contributed by atoms with E-state index < -0.39 is 0 Å². The highest BCUT2D eigenvalue weighted by molar-refractivity contribution is 4.97.